The summed E-state index contributed by atoms with van der Waals surface area (Å²) in [6.45, 7) is 15.9. The molecule has 2 aromatic carbocycles. The molecule has 0 unspecified atom stereocenters. The minimum atomic E-state index is -4.12. The Hall–Kier alpha value is -3.83. The van der Waals surface area contributed by atoms with Crippen LogP contribution in [0.4, 0.5) is 15.0 Å². The van der Waals surface area contributed by atoms with E-state index in [-0.39, 0.29) is 29.2 Å². The fourth-order valence-electron chi connectivity index (χ4n) is 4.24. The van der Waals surface area contributed by atoms with Gasteiger partial charge in [-0.15, -0.1) is 0 Å². The van der Waals surface area contributed by atoms with Crippen molar-refractivity contribution in [1.29, 1.82) is 0 Å². The van der Waals surface area contributed by atoms with Crippen LogP contribution in [-0.4, -0.2) is 47.5 Å². The Balaban J connectivity index is 2.01. The van der Waals surface area contributed by atoms with Crippen LogP contribution in [0.5, 0.6) is 0 Å². The zero-order chi connectivity index (χ0) is 33.8. The number of sulfonamides is 1. The Bertz CT molecular complexity index is 1590. The molecule has 244 valence electrons. The molecular weight excluding hydrogens is 597 g/mol. The van der Waals surface area contributed by atoms with Gasteiger partial charge in [-0.05, 0) is 94.5 Å². The molecule has 0 radical (unpaired) electrons. The molecule has 0 aliphatic heterocycles. The number of nitrogens with zero attached hydrogens (tertiary/aromatic N) is 3. The highest BCUT2D eigenvalue weighted by atomic mass is 32.2. The van der Waals surface area contributed by atoms with Gasteiger partial charge in [0.05, 0.1) is 17.1 Å². The van der Waals surface area contributed by atoms with Crippen molar-refractivity contribution in [2.45, 2.75) is 96.9 Å². The first kappa shape index (κ1) is 35.6. The Morgan fingerprint density at radius 1 is 0.778 bits per heavy atom. The van der Waals surface area contributed by atoms with Crippen LogP contribution in [0, 0.1) is 5.82 Å². The Labute approximate surface area is 266 Å². The second-order valence-electron chi connectivity index (χ2n) is 13.8. The van der Waals surface area contributed by atoms with Gasteiger partial charge < -0.3 is 9.47 Å². The van der Waals surface area contributed by atoms with Gasteiger partial charge in [0.15, 0.2) is 0 Å². The molecule has 11 heteroatoms. The summed E-state index contributed by atoms with van der Waals surface area (Å²) in [7, 11) is -4.12. The topological polar surface area (TPSA) is 106 Å². The lowest BCUT2D eigenvalue weighted by Crippen LogP contribution is -2.42. The summed E-state index contributed by atoms with van der Waals surface area (Å²) >= 11 is 0. The number of esters is 1. The summed E-state index contributed by atoms with van der Waals surface area (Å²) in [6.07, 6.45) is -0.812. The molecule has 0 atom stereocenters. The van der Waals surface area contributed by atoms with Crippen LogP contribution >= 0.6 is 0 Å². The molecule has 0 saturated carbocycles. The molecule has 0 fully saturated rings. The van der Waals surface area contributed by atoms with Gasteiger partial charge in [0, 0.05) is 6.54 Å². The monoisotopic (exact) mass is 641 g/mol. The van der Waals surface area contributed by atoms with Gasteiger partial charge in [-0.1, -0.05) is 51.1 Å². The predicted molar refractivity (Wildman–Crippen MR) is 172 cm³/mol. The molecule has 0 aliphatic rings. The zero-order valence-electron chi connectivity index (χ0n) is 27.5. The van der Waals surface area contributed by atoms with E-state index in [4.69, 9.17) is 9.47 Å². The molecule has 3 rings (SSSR count). The Morgan fingerprint density at radius 3 is 1.89 bits per heavy atom. The number of carbonyl (C=O) groups excluding carboxylic acids is 2. The standard InChI is InChI=1S/C34H44FN3O6S/c1-32(2,3)25-15-13-24(14-16-25)21-37(45(41,42)28-19-17-26(35)18-20-28)22-27-11-10-12-29(36-27)38(31(40)44-34(7,8)9)23-30(39)43-33(4,5)6/h10-20H,21-23H2,1-9H3. The molecule has 0 aliphatic carbocycles. The number of carbonyl (C=O) groups is 2. The Kier molecular flexibility index (Phi) is 10.8. The van der Waals surface area contributed by atoms with E-state index in [1.54, 1.807) is 53.7 Å². The maximum absolute atomic E-state index is 13.9. The van der Waals surface area contributed by atoms with E-state index >= 15 is 0 Å². The lowest BCUT2D eigenvalue weighted by atomic mass is 9.87. The van der Waals surface area contributed by atoms with Crippen molar-refractivity contribution in [1.82, 2.24) is 9.29 Å². The second-order valence-corrected chi connectivity index (χ2v) is 15.8. The van der Waals surface area contributed by atoms with E-state index in [0.29, 0.717) is 5.69 Å². The number of ether oxygens (including phenoxy) is 2. The summed E-state index contributed by atoms with van der Waals surface area (Å²) in [4.78, 5) is 31.5. The molecule has 1 heterocycles. The number of aromatic nitrogens is 1. The largest absolute Gasteiger partial charge is 0.459 e. The molecule has 0 spiro atoms. The Morgan fingerprint density at radius 2 is 1.36 bits per heavy atom. The smallest absolute Gasteiger partial charge is 0.416 e. The molecule has 45 heavy (non-hydrogen) atoms. The quantitative estimate of drug-likeness (QED) is 0.232. The lowest BCUT2D eigenvalue weighted by molar-refractivity contribution is -0.153. The highest BCUT2D eigenvalue weighted by Crippen LogP contribution is 2.26. The number of rotatable bonds is 9. The van der Waals surface area contributed by atoms with Gasteiger partial charge in [0.25, 0.3) is 0 Å². The number of halogens is 1. The van der Waals surface area contributed by atoms with Crippen molar-refractivity contribution in [3.8, 4) is 0 Å². The predicted octanol–water partition coefficient (Wildman–Crippen LogP) is 6.99. The van der Waals surface area contributed by atoms with Crippen molar-refractivity contribution in [3.63, 3.8) is 0 Å². The summed E-state index contributed by atoms with van der Waals surface area (Å²) in [5.74, 6) is -1.14. The highest BCUT2D eigenvalue weighted by molar-refractivity contribution is 7.89. The van der Waals surface area contributed by atoms with E-state index in [1.165, 1.54) is 22.5 Å². The molecule has 1 amide bonds. The first-order valence-corrected chi connectivity index (χ1v) is 16.1. The number of amides is 1. The number of benzene rings is 2. The average Bonchev–Trinajstić information content (AvgIpc) is 2.89. The minimum absolute atomic E-state index is 0.00370. The van der Waals surface area contributed by atoms with Crippen molar-refractivity contribution in [3.05, 3.63) is 89.4 Å². The molecule has 3 aromatic rings. The zero-order valence-corrected chi connectivity index (χ0v) is 28.4. The number of hydrogen-bond donors (Lipinski definition) is 0. The van der Waals surface area contributed by atoms with E-state index in [1.807, 2.05) is 24.3 Å². The third-order valence-electron chi connectivity index (χ3n) is 6.36. The van der Waals surface area contributed by atoms with Crippen LogP contribution < -0.4 is 4.90 Å². The SMILES string of the molecule is CC(C)(C)OC(=O)CN(C(=O)OC(C)(C)C)c1cccc(CN(Cc2ccc(C(C)(C)C)cc2)S(=O)(=O)c2ccc(F)cc2)n1. The molecule has 0 N–H and O–H groups in total. The summed E-state index contributed by atoms with van der Waals surface area (Å²) in [5, 5.41) is 0. The first-order chi connectivity index (χ1) is 20.6. The van der Waals surface area contributed by atoms with Crippen LogP contribution in [0.2, 0.25) is 0 Å². The average molecular weight is 642 g/mol. The van der Waals surface area contributed by atoms with Gasteiger partial charge in [-0.3, -0.25) is 9.69 Å². The van der Waals surface area contributed by atoms with Gasteiger partial charge >= 0.3 is 12.1 Å². The highest BCUT2D eigenvalue weighted by Gasteiger charge is 2.30. The molecule has 0 bridgehead atoms. The van der Waals surface area contributed by atoms with E-state index < -0.39 is 45.6 Å². The van der Waals surface area contributed by atoms with Crippen molar-refractivity contribution < 1.29 is 31.9 Å². The number of hydrogen-bond acceptors (Lipinski definition) is 7. The third kappa shape index (κ3) is 10.6. The number of pyridine rings is 1. The van der Waals surface area contributed by atoms with E-state index in [0.717, 1.165) is 28.2 Å². The van der Waals surface area contributed by atoms with Crippen LogP contribution in [0.3, 0.4) is 0 Å². The first-order valence-electron chi connectivity index (χ1n) is 14.7. The van der Waals surface area contributed by atoms with E-state index in [2.05, 4.69) is 25.8 Å². The fourth-order valence-corrected chi connectivity index (χ4v) is 5.64. The van der Waals surface area contributed by atoms with Gasteiger partial charge in [-0.2, -0.15) is 4.31 Å². The summed E-state index contributed by atoms with van der Waals surface area (Å²) in [6, 6.07) is 17.1. The van der Waals surface area contributed by atoms with Gasteiger partial charge in [0.1, 0.15) is 29.4 Å². The van der Waals surface area contributed by atoms with Crippen LogP contribution in [-0.2, 0) is 42.8 Å². The molecular formula is C34H44FN3O6S. The molecule has 1 aromatic heterocycles. The number of anilines is 1. The lowest BCUT2D eigenvalue weighted by Gasteiger charge is -2.28. The van der Waals surface area contributed by atoms with Gasteiger partial charge in [-0.25, -0.2) is 22.6 Å². The third-order valence-corrected chi connectivity index (χ3v) is 8.16. The van der Waals surface area contributed by atoms with Crippen LogP contribution in [0.1, 0.15) is 79.1 Å². The van der Waals surface area contributed by atoms with Gasteiger partial charge in [0.2, 0.25) is 10.0 Å². The van der Waals surface area contributed by atoms with Crippen molar-refractivity contribution in [2.24, 2.45) is 0 Å². The van der Waals surface area contributed by atoms with Crippen molar-refractivity contribution >= 4 is 27.9 Å². The maximum atomic E-state index is 13.9. The van der Waals surface area contributed by atoms with Crippen LogP contribution in [0.25, 0.3) is 0 Å². The molecule has 9 nitrogen and oxygen atoms in total. The summed E-state index contributed by atoms with van der Waals surface area (Å²) in [5.41, 5.74) is 0.422. The normalized spacial score (nSPS) is 12.6. The fraction of sp³-hybridized carbons (Fsp3) is 0.441. The van der Waals surface area contributed by atoms with E-state index in [9.17, 15) is 22.4 Å². The maximum Gasteiger partial charge on any atom is 0.416 e. The summed E-state index contributed by atoms with van der Waals surface area (Å²) < 4.78 is 53.6. The second kappa shape index (κ2) is 13.7. The van der Waals surface area contributed by atoms with Crippen molar-refractivity contribution in [2.75, 3.05) is 11.4 Å². The minimum Gasteiger partial charge on any atom is -0.459 e. The van der Waals surface area contributed by atoms with Crippen LogP contribution in [0.15, 0.2) is 71.6 Å². The molecule has 0 saturated heterocycles.